The van der Waals surface area contributed by atoms with Gasteiger partial charge < -0.3 is 24.6 Å². The first kappa shape index (κ1) is 22.2. The predicted octanol–water partition coefficient (Wildman–Crippen LogP) is 1.78. The Bertz CT molecular complexity index is 803. The smallest absolute Gasteiger partial charge is 0.475 e. The number of rotatable bonds is 3. The van der Waals surface area contributed by atoms with Gasteiger partial charge in [-0.05, 0) is 30.5 Å². The summed E-state index contributed by atoms with van der Waals surface area (Å²) in [5, 5.41) is 9.96. The first-order chi connectivity index (χ1) is 14.2. The number of carboxylic acids is 1. The number of likely N-dealkylation sites (tertiary alicyclic amines) is 1. The molecule has 4 rings (SSSR count). The number of halogens is 3. The maximum atomic E-state index is 12.5. The molecule has 1 amide bonds. The number of hydrogen-bond acceptors (Lipinski definition) is 6. The summed E-state index contributed by atoms with van der Waals surface area (Å²) in [6.07, 6.45) is -3.33. The number of benzene rings is 1. The van der Waals surface area contributed by atoms with Gasteiger partial charge in [0.15, 0.2) is 11.5 Å². The van der Waals surface area contributed by atoms with Crippen molar-refractivity contribution < 1.29 is 42.1 Å². The van der Waals surface area contributed by atoms with Gasteiger partial charge in [-0.1, -0.05) is 6.07 Å². The number of fused-ring (bicyclic) bond motifs is 2. The summed E-state index contributed by atoms with van der Waals surface area (Å²) in [5.41, 5.74) is 0.780. The van der Waals surface area contributed by atoms with E-state index in [1.54, 1.807) is 7.05 Å². The number of carboxylic acid groups (broad SMARTS) is 1. The molecular formula is C19H23F3N2O6. The molecule has 2 fully saturated rings. The highest BCUT2D eigenvalue weighted by atomic mass is 19.4. The van der Waals surface area contributed by atoms with Gasteiger partial charge in [0.25, 0.3) is 0 Å². The number of ether oxygens (including phenoxy) is 3. The van der Waals surface area contributed by atoms with Crippen molar-refractivity contribution >= 4 is 11.9 Å². The van der Waals surface area contributed by atoms with Gasteiger partial charge in [0.05, 0.1) is 11.5 Å². The second kappa shape index (κ2) is 8.68. The second-order valence-corrected chi connectivity index (χ2v) is 7.33. The molecule has 2 saturated heterocycles. The van der Waals surface area contributed by atoms with Crippen LogP contribution in [0.3, 0.4) is 0 Å². The molecule has 0 saturated carbocycles. The molecule has 2 N–H and O–H groups in total. The lowest BCUT2D eigenvalue weighted by Gasteiger charge is -2.42. The van der Waals surface area contributed by atoms with E-state index in [1.807, 2.05) is 12.1 Å². The summed E-state index contributed by atoms with van der Waals surface area (Å²) < 4.78 is 48.4. The van der Waals surface area contributed by atoms with Crippen molar-refractivity contribution in [1.82, 2.24) is 10.2 Å². The summed E-state index contributed by atoms with van der Waals surface area (Å²) in [7, 11) is 1.71. The minimum Gasteiger partial charge on any atom is -0.475 e. The van der Waals surface area contributed by atoms with Crippen molar-refractivity contribution in [2.24, 2.45) is 5.41 Å². The standard InChI is InChI=1S/C17H22N2O4.C2HF3O2/c1-18-16(20)17-5-7-21-15(17)4-6-19(10-17)9-12-2-3-13-14(8-12)23-11-22-13;3-2(4,5)1(6)7/h2-3,8,15H,4-7,9-11H2,1H3,(H,18,20);(H,6,7)/t15-,17-;/m1./s1. The van der Waals surface area contributed by atoms with E-state index in [2.05, 4.69) is 16.3 Å². The monoisotopic (exact) mass is 432 g/mol. The number of nitrogens with one attached hydrogen (secondary N) is 1. The molecule has 8 nitrogen and oxygen atoms in total. The summed E-state index contributed by atoms with van der Waals surface area (Å²) in [4.78, 5) is 23.7. The Morgan fingerprint density at radius 1 is 1.30 bits per heavy atom. The van der Waals surface area contributed by atoms with Gasteiger partial charge in [-0.3, -0.25) is 9.69 Å². The first-order valence-corrected chi connectivity index (χ1v) is 9.40. The van der Waals surface area contributed by atoms with Crippen LogP contribution >= 0.6 is 0 Å². The minimum atomic E-state index is -5.08. The Kier molecular flexibility index (Phi) is 6.41. The Labute approximate surface area is 170 Å². The number of alkyl halides is 3. The molecule has 0 unspecified atom stereocenters. The SMILES string of the molecule is CNC(=O)[C@@]12CCO[C@@H]1CCN(Cc1ccc3c(c1)OCO3)C2.O=C(O)C(F)(F)F. The topological polar surface area (TPSA) is 97.3 Å². The van der Waals surface area contributed by atoms with Crippen molar-refractivity contribution in [2.75, 3.05) is 33.5 Å². The average molecular weight is 432 g/mol. The molecule has 166 valence electrons. The van der Waals surface area contributed by atoms with Crippen LogP contribution in [0.2, 0.25) is 0 Å². The van der Waals surface area contributed by atoms with Crippen molar-refractivity contribution in [3.63, 3.8) is 0 Å². The number of carbonyl (C=O) groups is 2. The van der Waals surface area contributed by atoms with Crippen LogP contribution < -0.4 is 14.8 Å². The average Bonchev–Trinajstić information content (AvgIpc) is 3.33. The number of aliphatic carboxylic acids is 1. The molecule has 0 aromatic heterocycles. The molecule has 0 radical (unpaired) electrons. The highest BCUT2D eigenvalue weighted by Gasteiger charge is 2.52. The van der Waals surface area contributed by atoms with E-state index in [1.165, 1.54) is 5.56 Å². The zero-order valence-corrected chi connectivity index (χ0v) is 16.3. The van der Waals surface area contributed by atoms with E-state index in [4.69, 9.17) is 24.1 Å². The lowest BCUT2D eigenvalue weighted by Crippen LogP contribution is -2.56. The van der Waals surface area contributed by atoms with Crippen LogP contribution in [0.25, 0.3) is 0 Å². The fraction of sp³-hybridized carbons (Fsp3) is 0.579. The third-order valence-corrected chi connectivity index (χ3v) is 5.46. The lowest BCUT2D eigenvalue weighted by molar-refractivity contribution is -0.192. The van der Waals surface area contributed by atoms with Crippen LogP contribution in [0.4, 0.5) is 13.2 Å². The molecule has 0 bridgehead atoms. The normalized spacial score (nSPS) is 25.1. The summed E-state index contributed by atoms with van der Waals surface area (Å²) in [6.45, 7) is 3.46. The lowest BCUT2D eigenvalue weighted by atomic mass is 9.75. The summed E-state index contributed by atoms with van der Waals surface area (Å²) in [6, 6.07) is 6.06. The van der Waals surface area contributed by atoms with Gasteiger partial charge in [0.1, 0.15) is 0 Å². The zero-order valence-electron chi connectivity index (χ0n) is 16.3. The molecule has 3 heterocycles. The predicted molar refractivity (Wildman–Crippen MR) is 97.0 cm³/mol. The van der Waals surface area contributed by atoms with Gasteiger partial charge in [0, 0.05) is 33.3 Å². The van der Waals surface area contributed by atoms with E-state index >= 15 is 0 Å². The van der Waals surface area contributed by atoms with Crippen LogP contribution in [0, 0.1) is 5.41 Å². The van der Waals surface area contributed by atoms with Gasteiger partial charge in [-0.25, -0.2) is 4.79 Å². The highest BCUT2D eigenvalue weighted by molar-refractivity contribution is 5.83. The minimum absolute atomic E-state index is 0.0513. The number of piperidine rings is 1. The van der Waals surface area contributed by atoms with Gasteiger partial charge in [-0.2, -0.15) is 13.2 Å². The number of carbonyl (C=O) groups excluding carboxylic acids is 1. The largest absolute Gasteiger partial charge is 0.490 e. The maximum Gasteiger partial charge on any atom is 0.490 e. The van der Waals surface area contributed by atoms with E-state index < -0.39 is 17.6 Å². The van der Waals surface area contributed by atoms with E-state index in [0.717, 1.165) is 44.0 Å². The van der Waals surface area contributed by atoms with Crippen molar-refractivity contribution in [3.05, 3.63) is 23.8 Å². The highest BCUT2D eigenvalue weighted by Crippen LogP contribution is 2.41. The molecule has 0 aliphatic carbocycles. The number of amides is 1. The maximum absolute atomic E-state index is 12.5. The molecule has 3 aliphatic rings. The Hall–Kier alpha value is -2.53. The molecule has 1 aromatic carbocycles. The van der Waals surface area contributed by atoms with E-state index in [-0.39, 0.29) is 12.0 Å². The van der Waals surface area contributed by atoms with Crippen LogP contribution in [0.5, 0.6) is 11.5 Å². The molecular weight excluding hydrogens is 409 g/mol. The molecule has 11 heteroatoms. The zero-order chi connectivity index (χ0) is 21.9. The second-order valence-electron chi connectivity index (χ2n) is 7.33. The first-order valence-electron chi connectivity index (χ1n) is 9.40. The Balaban J connectivity index is 0.000000318. The molecule has 1 aromatic rings. The number of nitrogens with zero attached hydrogens (tertiary/aromatic N) is 1. The molecule has 0 spiro atoms. The van der Waals surface area contributed by atoms with Crippen molar-refractivity contribution in [1.29, 1.82) is 0 Å². The fourth-order valence-electron chi connectivity index (χ4n) is 4.04. The van der Waals surface area contributed by atoms with Gasteiger partial charge >= 0.3 is 12.1 Å². The van der Waals surface area contributed by atoms with Gasteiger partial charge in [0.2, 0.25) is 12.7 Å². The molecule has 2 atom stereocenters. The third-order valence-electron chi connectivity index (χ3n) is 5.46. The molecule has 30 heavy (non-hydrogen) atoms. The van der Waals surface area contributed by atoms with Crippen molar-refractivity contribution in [3.8, 4) is 11.5 Å². The summed E-state index contributed by atoms with van der Waals surface area (Å²) >= 11 is 0. The van der Waals surface area contributed by atoms with Crippen LogP contribution in [-0.4, -0.2) is 67.7 Å². The van der Waals surface area contributed by atoms with Crippen LogP contribution in [-0.2, 0) is 20.9 Å². The fourth-order valence-corrected chi connectivity index (χ4v) is 4.04. The molecule has 3 aliphatic heterocycles. The van der Waals surface area contributed by atoms with Crippen LogP contribution in [0.15, 0.2) is 18.2 Å². The van der Waals surface area contributed by atoms with Crippen molar-refractivity contribution in [2.45, 2.75) is 31.7 Å². The number of hydrogen-bond donors (Lipinski definition) is 2. The quantitative estimate of drug-likeness (QED) is 0.752. The third kappa shape index (κ3) is 4.62. The summed E-state index contributed by atoms with van der Waals surface area (Å²) in [5.74, 6) is -1.04. The van der Waals surface area contributed by atoms with Gasteiger partial charge in [-0.15, -0.1) is 0 Å². The van der Waals surface area contributed by atoms with E-state index in [0.29, 0.717) is 13.4 Å². The Morgan fingerprint density at radius 3 is 2.67 bits per heavy atom. The van der Waals surface area contributed by atoms with Crippen LogP contribution in [0.1, 0.15) is 18.4 Å². The Morgan fingerprint density at radius 2 is 2.00 bits per heavy atom. The van der Waals surface area contributed by atoms with E-state index in [9.17, 15) is 18.0 Å².